The predicted molar refractivity (Wildman–Crippen MR) is 60.1 cm³/mol. The molecule has 0 bridgehead atoms. The van der Waals surface area contributed by atoms with Crippen LogP contribution in [0.1, 0.15) is 38.3 Å². The zero-order chi connectivity index (χ0) is 11.7. The third-order valence-electron chi connectivity index (χ3n) is 3.28. The van der Waals surface area contributed by atoms with Crippen molar-refractivity contribution in [3.05, 3.63) is 35.4 Å². The quantitative estimate of drug-likeness (QED) is 0.831. The summed E-state index contributed by atoms with van der Waals surface area (Å²) in [6.45, 7) is 4.08. The Labute approximate surface area is 94.9 Å². The van der Waals surface area contributed by atoms with Crippen molar-refractivity contribution in [2.45, 2.75) is 38.8 Å². The molecule has 88 valence electrons. The first kappa shape index (κ1) is 11.5. The minimum atomic E-state index is -0.382. The summed E-state index contributed by atoms with van der Waals surface area (Å²) in [6, 6.07) is 3.93. The van der Waals surface area contributed by atoms with Crippen LogP contribution in [-0.4, -0.2) is 6.04 Å². The van der Waals surface area contributed by atoms with Crippen LogP contribution in [0.2, 0.25) is 0 Å². The molecule has 0 amide bonds. The van der Waals surface area contributed by atoms with E-state index >= 15 is 0 Å². The lowest BCUT2D eigenvalue weighted by molar-refractivity contribution is 0.225. The molecule has 1 unspecified atom stereocenters. The molecule has 1 N–H and O–H groups in total. The molecule has 16 heavy (non-hydrogen) atoms. The lowest BCUT2D eigenvalue weighted by atomic mass is 9.81. The summed E-state index contributed by atoms with van der Waals surface area (Å²) in [7, 11) is 0. The monoisotopic (exact) mass is 225 g/mol. The van der Waals surface area contributed by atoms with Crippen LogP contribution in [0, 0.1) is 17.6 Å². The van der Waals surface area contributed by atoms with Crippen LogP contribution in [0.5, 0.6) is 0 Å². The topological polar surface area (TPSA) is 12.0 Å². The lowest BCUT2D eigenvalue weighted by Gasteiger charge is -2.35. The van der Waals surface area contributed by atoms with Crippen molar-refractivity contribution in [2.75, 3.05) is 0 Å². The maximum absolute atomic E-state index is 13.5. The predicted octanol–water partition coefficient (Wildman–Crippen LogP) is 3.41. The smallest absolute Gasteiger partial charge is 0.128 e. The second kappa shape index (κ2) is 4.50. The van der Waals surface area contributed by atoms with Gasteiger partial charge in [-0.15, -0.1) is 0 Å². The fourth-order valence-corrected chi connectivity index (χ4v) is 2.33. The summed E-state index contributed by atoms with van der Waals surface area (Å²) < 4.78 is 26.5. The van der Waals surface area contributed by atoms with E-state index in [1.54, 1.807) is 0 Å². The molecule has 0 aliphatic heterocycles. The van der Waals surface area contributed by atoms with Crippen LogP contribution >= 0.6 is 0 Å². The SMILES string of the molecule is CC1CC(NC(C)c2cc(F)ccc2F)C1. The molecule has 1 aliphatic carbocycles. The fraction of sp³-hybridized carbons (Fsp3) is 0.538. The molecular weight excluding hydrogens is 208 g/mol. The Kier molecular flexibility index (Phi) is 3.24. The van der Waals surface area contributed by atoms with Crippen LogP contribution < -0.4 is 5.32 Å². The Morgan fingerprint density at radius 3 is 2.62 bits per heavy atom. The van der Waals surface area contributed by atoms with Crippen molar-refractivity contribution in [3.8, 4) is 0 Å². The van der Waals surface area contributed by atoms with Crippen LogP contribution in [0.4, 0.5) is 8.78 Å². The number of benzene rings is 1. The number of hydrogen-bond donors (Lipinski definition) is 1. The van der Waals surface area contributed by atoms with E-state index in [-0.39, 0.29) is 17.7 Å². The normalized spacial score (nSPS) is 26.2. The minimum Gasteiger partial charge on any atom is -0.307 e. The molecule has 1 aromatic carbocycles. The first-order chi connectivity index (χ1) is 7.56. The van der Waals surface area contributed by atoms with Gasteiger partial charge in [0.05, 0.1) is 0 Å². The Morgan fingerprint density at radius 2 is 2.00 bits per heavy atom. The van der Waals surface area contributed by atoms with Gasteiger partial charge >= 0.3 is 0 Å². The van der Waals surface area contributed by atoms with Gasteiger partial charge in [0.1, 0.15) is 11.6 Å². The van der Waals surface area contributed by atoms with Gasteiger partial charge in [-0.1, -0.05) is 6.92 Å². The zero-order valence-electron chi connectivity index (χ0n) is 9.63. The zero-order valence-corrected chi connectivity index (χ0v) is 9.63. The van der Waals surface area contributed by atoms with E-state index in [9.17, 15) is 8.78 Å². The van der Waals surface area contributed by atoms with Crippen molar-refractivity contribution >= 4 is 0 Å². The number of hydrogen-bond acceptors (Lipinski definition) is 1. The molecule has 0 heterocycles. The maximum atomic E-state index is 13.5. The third kappa shape index (κ3) is 2.40. The van der Waals surface area contributed by atoms with Crippen LogP contribution in [0.15, 0.2) is 18.2 Å². The molecule has 2 rings (SSSR count). The fourth-order valence-electron chi connectivity index (χ4n) is 2.33. The van der Waals surface area contributed by atoms with Gasteiger partial charge in [0.15, 0.2) is 0 Å². The molecule has 1 aliphatic rings. The summed E-state index contributed by atoms with van der Waals surface area (Å²) in [5.41, 5.74) is 0.416. The molecule has 0 radical (unpaired) electrons. The van der Waals surface area contributed by atoms with E-state index in [4.69, 9.17) is 0 Å². The molecule has 1 nitrogen and oxygen atoms in total. The number of rotatable bonds is 3. The van der Waals surface area contributed by atoms with Gasteiger partial charge in [-0.05, 0) is 43.9 Å². The summed E-state index contributed by atoms with van der Waals surface area (Å²) in [5, 5.41) is 3.32. The first-order valence-corrected chi connectivity index (χ1v) is 5.77. The summed E-state index contributed by atoms with van der Waals surface area (Å²) >= 11 is 0. The van der Waals surface area contributed by atoms with Crippen molar-refractivity contribution in [1.29, 1.82) is 0 Å². The highest BCUT2D eigenvalue weighted by Gasteiger charge is 2.27. The van der Waals surface area contributed by atoms with Crippen molar-refractivity contribution in [2.24, 2.45) is 5.92 Å². The molecule has 1 aromatic rings. The largest absolute Gasteiger partial charge is 0.307 e. The molecule has 0 aromatic heterocycles. The molecular formula is C13H17F2N. The highest BCUT2D eigenvalue weighted by molar-refractivity contribution is 5.22. The van der Waals surface area contributed by atoms with E-state index in [2.05, 4.69) is 12.2 Å². The van der Waals surface area contributed by atoms with Crippen molar-refractivity contribution in [1.82, 2.24) is 5.32 Å². The molecule has 1 atom stereocenters. The van der Waals surface area contributed by atoms with Gasteiger partial charge in [0.2, 0.25) is 0 Å². The molecule has 1 fully saturated rings. The second-order valence-corrected chi connectivity index (χ2v) is 4.83. The van der Waals surface area contributed by atoms with Crippen molar-refractivity contribution < 1.29 is 8.78 Å². The van der Waals surface area contributed by atoms with Gasteiger partial charge in [-0.25, -0.2) is 8.78 Å². The lowest BCUT2D eigenvalue weighted by Crippen LogP contribution is -2.41. The standard InChI is InChI=1S/C13H17F2N/c1-8-5-11(6-8)16-9(2)12-7-10(14)3-4-13(12)15/h3-4,7-9,11,16H,5-6H2,1-2H3. The van der Waals surface area contributed by atoms with E-state index in [1.807, 2.05) is 6.92 Å². The average molecular weight is 225 g/mol. The maximum Gasteiger partial charge on any atom is 0.128 e. The minimum absolute atomic E-state index is 0.131. The summed E-state index contributed by atoms with van der Waals surface area (Å²) in [4.78, 5) is 0. The Morgan fingerprint density at radius 1 is 1.31 bits per heavy atom. The van der Waals surface area contributed by atoms with E-state index in [0.29, 0.717) is 11.6 Å². The van der Waals surface area contributed by atoms with Crippen LogP contribution in [-0.2, 0) is 0 Å². The molecule has 0 saturated heterocycles. The van der Waals surface area contributed by atoms with E-state index in [1.165, 1.54) is 12.1 Å². The van der Waals surface area contributed by atoms with Gasteiger partial charge in [-0.3, -0.25) is 0 Å². The Balaban J connectivity index is 2.02. The van der Waals surface area contributed by atoms with E-state index in [0.717, 1.165) is 24.8 Å². The second-order valence-electron chi connectivity index (χ2n) is 4.83. The van der Waals surface area contributed by atoms with Gasteiger partial charge in [-0.2, -0.15) is 0 Å². The Bertz CT molecular complexity index is 372. The third-order valence-corrected chi connectivity index (χ3v) is 3.28. The summed E-state index contributed by atoms with van der Waals surface area (Å²) in [5.74, 6) is 0.0304. The summed E-state index contributed by atoms with van der Waals surface area (Å²) in [6.07, 6.45) is 2.25. The van der Waals surface area contributed by atoms with Crippen molar-refractivity contribution in [3.63, 3.8) is 0 Å². The van der Waals surface area contributed by atoms with Crippen LogP contribution in [0.25, 0.3) is 0 Å². The Hall–Kier alpha value is -0.960. The van der Waals surface area contributed by atoms with E-state index < -0.39 is 0 Å². The first-order valence-electron chi connectivity index (χ1n) is 5.77. The van der Waals surface area contributed by atoms with Crippen LogP contribution in [0.3, 0.4) is 0 Å². The van der Waals surface area contributed by atoms with Gasteiger partial charge in [0, 0.05) is 17.6 Å². The highest BCUT2D eigenvalue weighted by atomic mass is 19.1. The van der Waals surface area contributed by atoms with Gasteiger partial charge in [0.25, 0.3) is 0 Å². The molecule has 1 saturated carbocycles. The average Bonchev–Trinajstić information content (AvgIpc) is 2.19. The molecule has 0 spiro atoms. The highest BCUT2D eigenvalue weighted by Crippen LogP contribution is 2.29. The number of halogens is 2. The van der Waals surface area contributed by atoms with Gasteiger partial charge < -0.3 is 5.32 Å². The number of nitrogens with one attached hydrogen (secondary N) is 1. The molecule has 3 heteroatoms.